The van der Waals surface area contributed by atoms with Gasteiger partial charge in [0.25, 0.3) is 5.91 Å². The molecule has 0 unspecified atom stereocenters. The van der Waals surface area contributed by atoms with Crippen LogP contribution in [0.2, 0.25) is 0 Å². The van der Waals surface area contributed by atoms with E-state index in [0.29, 0.717) is 12.8 Å². The van der Waals surface area contributed by atoms with Gasteiger partial charge >= 0.3 is 5.97 Å². The number of nitrogens with one attached hydrogen (secondary N) is 1. The Hall–Kier alpha value is -3.10. The van der Waals surface area contributed by atoms with E-state index >= 15 is 0 Å². The van der Waals surface area contributed by atoms with E-state index in [0.717, 1.165) is 23.1 Å². The molecule has 1 aliphatic carbocycles. The maximum absolute atomic E-state index is 13.5. The molecule has 0 saturated carbocycles. The fourth-order valence-corrected chi connectivity index (χ4v) is 3.35. The molecule has 1 heterocycles. The zero-order chi connectivity index (χ0) is 20.4. The van der Waals surface area contributed by atoms with Gasteiger partial charge in [-0.1, -0.05) is 12.2 Å². The highest BCUT2D eigenvalue weighted by molar-refractivity contribution is 6.08. The molecule has 1 aromatic rings. The Kier molecular flexibility index (Phi) is 5.53. The van der Waals surface area contributed by atoms with Crippen LogP contribution >= 0.6 is 0 Å². The van der Waals surface area contributed by atoms with E-state index < -0.39 is 65.5 Å². The van der Waals surface area contributed by atoms with Crippen molar-refractivity contribution in [1.82, 2.24) is 4.90 Å². The molecule has 0 radical (unpaired) electrons. The van der Waals surface area contributed by atoms with Gasteiger partial charge in [-0.25, -0.2) is 13.6 Å². The molecule has 1 aliphatic heterocycles. The first-order valence-corrected chi connectivity index (χ1v) is 8.73. The number of ether oxygens (including phenoxy) is 1. The Morgan fingerprint density at radius 3 is 2.39 bits per heavy atom. The summed E-state index contributed by atoms with van der Waals surface area (Å²) in [5, 5.41) is 2.09. The third-order valence-electron chi connectivity index (χ3n) is 4.82. The minimum atomic E-state index is -1.19. The molecule has 148 valence electrons. The molecule has 1 N–H and O–H groups in total. The molecule has 3 amide bonds. The highest BCUT2D eigenvalue weighted by atomic mass is 19.1. The fraction of sp³-hybridized carbons (Fsp3) is 0.368. The molecule has 0 spiro atoms. The van der Waals surface area contributed by atoms with Gasteiger partial charge in [-0.2, -0.15) is 0 Å². The SMILES string of the molecule is C[C@@H](C(=O)OCC(=O)Nc1cc(F)ccc1F)N1C(=O)[C@H]2CC=CC[C@@H]2C1=O. The van der Waals surface area contributed by atoms with Crippen molar-refractivity contribution < 1.29 is 32.7 Å². The predicted molar refractivity (Wildman–Crippen MR) is 92.6 cm³/mol. The number of carbonyl (C=O) groups is 4. The van der Waals surface area contributed by atoms with Crippen molar-refractivity contribution in [3.05, 3.63) is 42.0 Å². The van der Waals surface area contributed by atoms with Crippen LogP contribution < -0.4 is 5.32 Å². The summed E-state index contributed by atoms with van der Waals surface area (Å²) in [6.07, 6.45) is 4.54. The molecule has 0 aromatic heterocycles. The highest BCUT2D eigenvalue weighted by Gasteiger charge is 2.50. The normalized spacial score (nSPS) is 22.0. The summed E-state index contributed by atoms with van der Waals surface area (Å²) in [4.78, 5) is 49.8. The number of hydrogen-bond acceptors (Lipinski definition) is 5. The Morgan fingerprint density at radius 2 is 1.79 bits per heavy atom. The van der Waals surface area contributed by atoms with Crippen LogP contribution in [0.15, 0.2) is 30.4 Å². The Labute approximate surface area is 159 Å². The van der Waals surface area contributed by atoms with E-state index in [4.69, 9.17) is 4.74 Å². The van der Waals surface area contributed by atoms with Gasteiger partial charge in [0.2, 0.25) is 11.8 Å². The summed E-state index contributed by atoms with van der Waals surface area (Å²) in [6.45, 7) is 0.566. The second-order valence-corrected chi connectivity index (χ2v) is 6.66. The number of rotatable bonds is 5. The largest absolute Gasteiger partial charge is 0.454 e. The van der Waals surface area contributed by atoms with Crippen molar-refractivity contribution in [2.24, 2.45) is 11.8 Å². The first-order valence-electron chi connectivity index (χ1n) is 8.73. The molecule has 3 atom stereocenters. The van der Waals surface area contributed by atoms with E-state index in [-0.39, 0.29) is 0 Å². The van der Waals surface area contributed by atoms with Crippen LogP contribution in [0.3, 0.4) is 0 Å². The lowest BCUT2D eigenvalue weighted by atomic mass is 9.85. The smallest absolute Gasteiger partial charge is 0.329 e. The van der Waals surface area contributed by atoms with Gasteiger partial charge < -0.3 is 10.1 Å². The summed E-state index contributed by atoms with van der Waals surface area (Å²) in [6, 6.07) is 1.33. The predicted octanol–water partition coefficient (Wildman–Crippen LogP) is 1.79. The number of imide groups is 1. The number of esters is 1. The summed E-state index contributed by atoms with van der Waals surface area (Å²) in [5.41, 5.74) is -0.393. The van der Waals surface area contributed by atoms with Gasteiger partial charge in [-0.3, -0.25) is 19.3 Å². The number of allylic oxidation sites excluding steroid dienone is 2. The molecule has 3 rings (SSSR count). The van der Waals surface area contributed by atoms with E-state index in [1.165, 1.54) is 6.92 Å². The number of nitrogens with zero attached hydrogens (tertiary/aromatic N) is 1. The zero-order valence-electron chi connectivity index (χ0n) is 15.0. The Balaban J connectivity index is 1.57. The number of anilines is 1. The number of likely N-dealkylation sites (tertiary alicyclic amines) is 1. The molecule has 2 aliphatic rings. The summed E-state index contributed by atoms with van der Waals surface area (Å²) >= 11 is 0. The van der Waals surface area contributed by atoms with Gasteiger partial charge in [0.15, 0.2) is 6.61 Å². The number of benzene rings is 1. The molecular formula is C19H18F2N2O5. The summed E-state index contributed by atoms with van der Waals surface area (Å²) in [5.74, 6) is -5.25. The second kappa shape index (κ2) is 7.87. The van der Waals surface area contributed by atoms with E-state index in [1.807, 2.05) is 12.2 Å². The lowest BCUT2D eigenvalue weighted by Crippen LogP contribution is -2.45. The third kappa shape index (κ3) is 3.78. The number of carbonyl (C=O) groups excluding carboxylic acids is 4. The second-order valence-electron chi connectivity index (χ2n) is 6.66. The van der Waals surface area contributed by atoms with E-state index in [1.54, 1.807) is 0 Å². The van der Waals surface area contributed by atoms with Gasteiger partial charge in [0, 0.05) is 6.07 Å². The van der Waals surface area contributed by atoms with E-state index in [9.17, 15) is 28.0 Å². The van der Waals surface area contributed by atoms with Crippen molar-refractivity contribution in [1.29, 1.82) is 0 Å². The van der Waals surface area contributed by atoms with Crippen molar-refractivity contribution in [3.8, 4) is 0 Å². The molecule has 1 aromatic carbocycles. The summed E-state index contributed by atoms with van der Waals surface area (Å²) < 4.78 is 31.5. The minimum Gasteiger partial charge on any atom is -0.454 e. The first-order chi connectivity index (χ1) is 13.3. The molecule has 1 saturated heterocycles. The number of hydrogen-bond donors (Lipinski definition) is 1. The van der Waals surface area contributed by atoms with Crippen molar-refractivity contribution in [2.75, 3.05) is 11.9 Å². The van der Waals surface area contributed by atoms with Gasteiger partial charge in [0.05, 0.1) is 17.5 Å². The molecular weight excluding hydrogens is 374 g/mol. The topological polar surface area (TPSA) is 92.8 Å². The van der Waals surface area contributed by atoms with Crippen LogP contribution in [0.4, 0.5) is 14.5 Å². The quantitative estimate of drug-likeness (QED) is 0.469. The van der Waals surface area contributed by atoms with Crippen LogP contribution in [-0.2, 0) is 23.9 Å². The van der Waals surface area contributed by atoms with E-state index in [2.05, 4.69) is 5.32 Å². The third-order valence-corrected chi connectivity index (χ3v) is 4.82. The molecule has 28 heavy (non-hydrogen) atoms. The molecule has 0 bridgehead atoms. The van der Waals surface area contributed by atoms with Crippen LogP contribution in [-0.4, -0.2) is 41.2 Å². The first kappa shape index (κ1) is 19.7. The van der Waals surface area contributed by atoms with Crippen LogP contribution in [0.1, 0.15) is 19.8 Å². The minimum absolute atomic E-state index is 0.393. The van der Waals surface area contributed by atoms with Crippen molar-refractivity contribution >= 4 is 29.4 Å². The van der Waals surface area contributed by atoms with Gasteiger partial charge in [0.1, 0.15) is 17.7 Å². The standard InChI is InChI=1S/C19H18F2N2O5/c1-10(23-17(25)12-4-2-3-5-13(12)18(23)26)19(27)28-9-16(24)22-15-8-11(20)6-7-14(15)21/h2-3,6-8,10,12-13H,4-5,9H2,1H3,(H,22,24)/t10-,12-,13-/m0/s1. The van der Waals surface area contributed by atoms with Crippen LogP contribution in [0, 0.1) is 23.5 Å². The number of fused-ring (bicyclic) bond motifs is 1. The maximum Gasteiger partial charge on any atom is 0.329 e. The molecule has 7 nitrogen and oxygen atoms in total. The highest BCUT2D eigenvalue weighted by Crippen LogP contribution is 2.36. The number of amides is 3. The Morgan fingerprint density at radius 1 is 1.18 bits per heavy atom. The average Bonchev–Trinajstić information content (AvgIpc) is 2.93. The maximum atomic E-state index is 13.5. The van der Waals surface area contributed by atoms with Crippen LogP contribution in [0.5, 0.6) is 0 Å². The lowest BCUT2D eigenvalue weighted by molar-refractivity contribution is -0.159. The van der Waals surface area contributed by atoms with Gasteiger partial charge in [-0.15, -0.1) is 0 Å². The fourth-order valence-electron chi connectivity index (χ4n) is 3.35. The van der Waals surface area contributed by atoms with Gasteiger partial charge in [-0.05, 0) is 31.9 Å². The monoisotopic (exact) mass is 392 g/mol. The average molecular weight is 392 g/mol. The molecule has 1 fully saturated rings. The van der Waals surface area contributed by atoms with Crippen molar-refractivity contribution in [3.63, 3.8) is 0 Å². The molecule has 9 heteroatoms. The van der Waals surface area contributed by atoms with Crippen molar-refractivity contribution in [2.45, 2.75) is 25.8 Å². The summed E-state index contributed by atoms with van der Waals surface area (Å²) in [7, 11) is 0. The number of halogens is 2. The Bertz CT molecular complexity index is 844. The lowest BCUT2D eigenvalue weighted by Gasteiger charge is -2.21. The van der Waals surface area contributed by atoms with Crippen LogP contribution in [0.25, 0.3) is 0 Å². The zero-order valence-corrected chi connectivity index (χ0v) is 15.0.